The van der Waals surface area contributed by atoms with Crippen LogP contribution in [0.5, 0.6) is 5.75 Å². The molecule has 0 unspecified atom stereocenters. The van der Waals surface area contributed by atoms with Gasteiger partial charge in [0, 0.05) is 11.1 Å². The Bertz CT molecular complexity index is 1100. The van der Waals surface area contributed by atoms with E-state index in [-0.39, 0.29) is 35.6 Å². The van der Waals surface area contributed by atoms with Gasteiger partial charge >= 0.3 is 0 Å². The van der Waals surface area contributed by atoms with Gasteiger partial charge in [0.1, 0.15) is 6.54 Å². The van der Waals surface area contributed by atoms with Gasteiger partial charge in [-0.25, -0.2) is 0 Å². The largest absolute Gasteiger partial charge is 0.449 e. The summed E-state index contributed by atoms with van der Waals surface area (Å²) >= 11 is 6.00. The molecule has 180 valence electrons. The zero-order valence-electron chi connectivity index (χ0n) is 20.4. The second-order valence-electron chi connectivity index (χ2n) is 10.4. The van der Waals surface area contributed by atoms with Gasteiger partial charge in [0.25, 0.3) is 5.91 Å². The molecule has 2 aliphatic rings. The Hall–Kier alpha value is -2.79. The van der Waals surface area contributed by atoms with Crippen molar-refractivity contribution in [1.82, 2.24) is 5.32 Å². The van der Waals surface area contributed by atoms with Crippen molar-refractivity contribution in [3.8, 4) is 5.75 Å². The number of nitrogens with zero attached hydrogens (tertiary/aromatic N) is 1. The van der Waals surface area contributed by atoms with Gasteiger partial charge in [0.2, 0.25) is 5.91 Å². The van der Waals surface area contributed by atoms with E-state index in [9.17, 15) is 9.59 Å². The number of amides is 2. The van der Waals surface area contributed by atoms with Crippen molar-refractivity contribution in [2.75, 3.05) is 11.4 Å². The Morgan fingerprint density at radius 3 is 2.53 bits per heavy atom. The topological polar surface area (TPSA) is 58.6 Å². The van der Waals surface area contributed by atoms with Crippen LogP contribution in [-0.2, 0) is 15.0 Å². The number of hydrogen-bond donors (Lipinski definition) is 1. The fraction of sp³-hybridized carbons (Fsp3) is 0.429. The highest BCUT2D eigenvalue weighted by Gasteiger charge is 2.34. The molecule has 0 saturated heterocycles. The summed E-state index contributed by atoms with van der Waals surface area (Å²) < 4.78 is 6.03. The van der Waals surface area contributed by atoms with Gasteiger partial charge in [0.15, 0.2) is 11.5 Å². The van der Waals surface area contributed by atoms with E-state index in [0.717, 1.165) is 30.4 Å². The Balaban J connectivity index is 1.66. The fourth-order valence-corrected chi connectivity index (χ4v) is 4.70. The van der Waals surface area contributed by atoms with Crippen LogP contribution in [0.15, 0.2) is 48.2 Å². The van der Waals surface area contributed by atoms with Crippen molar-refractivity contribution in [2.24, 2.45) is 5.92 Å². The number of halogens is 1. The standard InChI is InChI=1S/C28H33ClN2O3/c1-18-7-5-6-8-22(18)30-26(32)17-31-23-16-20(28(2,3)4)11-14-24(23)34-25(27(31)33)15-19-9-12-21(29)13-10-19/h9-16,18,22H,5-8,17H2,1-4H3,(H,30,32)/b25-15+/t18-,22+/m1/s1. The van der Waals surface area contributed by atoms with Gasteiger partial charge in [-0.05, 0) is 65.6 Å². The second-order valence-corrected chi connectivity index (χ2v) is 10.9. The molecule has 2 aromatic rings. The molecule has 1 fully saturated rings. The lowest BCUT2D eigenvalue weighted by molar-refractivity contribution is -0.124. The van der Waals surface area contributed by atoms with Crippen LogP contribution in [0.2, 0.25) is 5.02 Å². The monoisotopic (exact) mass is 480 g/mol. The average molecular weight is 481 g/mol. The summed E-state index contributed by atoms with van der Waals surface area (Å²) in [5.41, 5.74) is 2.38. The Kier molecular flexibility index (Phi) is 7.04. The van der Waals surface area contributed by atoms with Crippen LogP contribution in [0.25, 0.3) is 6.08 Å². The first-order valence-electron chi connectivity index (χ1n) is 12.0. The van der Waals surface area contributed by atoms with Crippen LogP contribution in [0.4, 0.5) is 5.69 Å². The molecule has 1 heterocycles. The highest BCUT2D eigenvalue weighted by atomic mass is 35.5. The van der Waals surface area contributed by atoms with Crippen molar-refractivity contribution in [3.63, 3.8) is 0 Å². The third kappa shape index (κ3) is 5.47. The predicted octanol–water partition coefficient (Wildman–Crippen LogP) is 6.10. The van der Waals surface area contributed by atoms with Gasteiger partial charge in [-0.3, -0.25) is 14.5 Å². The van der Waals surface area contributed by atoms with E-state index in [2.05, 4.69) is 33.0 Å². The van der Waals surface area contributed by atoms with E-state index in [1.165, 1.54) is 6.42 Å². The van der Waals surface area contributed by atoms with Gasteiger partial charge in [-0.15, -0.1) is 0 Å². The molecule has 0 aromatic heterocycles. The molecule has 1 saturated carbocycles. The normalized spacial score (nSPS) is 21.7. The van der Waals surface area contributed by atoms with Crippen molar-refractivity contribution >= 4 is 35.2 Å². The number of fused-ring (bicyclic) bond motifs is 1. The van der Waals surface area contributed by atoms with Crippen molar-refractivity contribution < 1.29 is 14.3 Å². The first-order valence-corrected chi connectivity index (χ1v) is 12.4. The quantitative estimate of drug-likeness (QED) is 0.538. The highest BCUT2D eigenvalue weighted by Crippen LogP contribution is 2.39. The smallest absolute Gasteiger partial charge is 0.294 e. The highest BCUT2D eigenvalue weighted by molar-refractivity contribution is 6.30. The third-order valence-corrected chi connectivity index (χ3v) is 6.97. The summed E-state index contributed by atoms with van der Waals surface area (Å²) in [4.78, 5) is 28.2. The molecule has 4 rings (SSSR count). The number of rotatable bonds is 4. The summed E-state index contributed by atoms with van der Waals surface area (Å²) in [7, 11) is 0. The van der Waals surface area contributed by atoms with E-state index < -0.39 is 0 Å². The summed E-state index contributed by atoms with van der Waals surface area (Å²) in [6.45, 7) is 8.49. The Morgan fingerprint density at radius 2 is 1.85 bits per heavy atom. The van der Waals surface area contributed by atoms with Crippen LogP contribution >= 0.6 is 11.6 Å². The number of ether oxygens (including phenoxy) is 1. The molecule has 0 spiro atoms. The lowest BCUT2D eigenvalue weighted by Crippen LogP contribution is -2.48. The van der Waals surface area contributed by atoms with Crippen LogP contribution in [0.1, 0.15) is 64.5 Å². The Labute approximate surface area is 207 Å². The first-order chi connectivity index (χ1) is 16.1. The zero-order chi connectivity index (χ0) is 24.5. The Morgan fingerprint density at radius 1 is 1.15 bits per heavy atom. The van der Waals surface area contributed by atoms with E-state index in [1.54, 1.807) is 23.1 Å². The molecule has 34 heavy (non-hydrogen) atoms. The molecule has 0 radical (unpaired) electrons. The number of carbonyl (C=O) groups excluding carboxylic acids is 2. The van der Waals surface area contributed by atoms with E-state index >= 15 is 0 Å². The number of benzene rings is 2. The molecule has 0 bridgehead atoms. The molecule has 1 aliphatic heterocycles. The predicted molar refractivity (Wildman–Crippen MR) is 137 cm³/mol. The minimum atomic E-state index is -0.333. The van der Waals surface area contributed by atoms with Crippen LogP contribution < -0.4 is 15.0 Å². The van der Waals surface area contributed by atoms with Gasteiger partial charge in [0.05, 0.1) is 5.69 Å². The first kappa shape index (κ1) is 24.3. The summed E-state index contributed by atoms with van der Waals surface area (Å²) in [6, 6.07) is 13.2. The van der Waals surface area contributed by atoms with Gasteiger partial charge < -0.3 is 10.1 Å². The zero-order valence-corrected chi connectivity index (χ0v) is 21.1. The molecule has 2 aromatic carbocycles. The van der Waals surface area contributed by atoms with Gasteiger partial charge in [-0.2, -0.15) is 0 Å². The molecule has 1 N–H and O–H groups in total. The molecule has 2 atom stereocenters. The van der Waals surface area contributed by atoms with Crippen molar-refractivity contribution in [2.45, 2.75) is 64.8 Å². The molecular formula is C28H33ClN2O3. The number of anilines is 1. The van der Waals surface area contributed by atoms with Crippen LogP contribution in [0.3, 0.4) is 0 Å². The number of carbonyl (C=O) groups is 2. The van der Waals surface area contributed by atoms with Crippen LogP contribution in [0, 0.1) is 5.92 Å². The molecule has 2 amide bonds. The SMILES string of the molecule is C[C@@H]1CCCC[C@@H]1NC(=O)CN1C(=O)/C(=C\c2ccc(Cl)cc2)Oc2ccc(C(C)(C)C)cc21. The van der Waals surface area contributed by atoms with Crippen molar-refractivity contribution in [1.29, 1.82) is 0 Å². The fourth-order valence-electron chi connectivity index (χ4n) is 4.57. The summed E-state index contributed by atoms with van der Waals surface area (Å²) in [5.74, 6) is 0.703. The third-order valence-electron chi connectivity index (χ3n) is 6.72. The van der Waals surface area contributed by atoms with E-state index in [4.69, 9.17) is 16.3 Å². The summed E-state index contributed by atoms with van der Waals surface area (Å²) in [5, 5.41) is 3.79. The molecule has 6 heteroatoms. The van der Waals surface area contributed by atoms with E-state index in [1.807, 2.05) is 30.3 Å². The maximum absolute atomic E-state index is 13.5. The minimum Gasteiger partial charge on any atom is -0.449 e. The molecule has 1 aliphatic carbocycles. The van der Waals surface area contributed by atoms with E-state index in [0.29, 0.717) is 22.4 Å². The van der Waals surface area contributed by atoms with Crippen LogP contribution in [-0.4, -0.2) is 24.4 Å². The maximum atomic E-state index is 13.5. The second kappa shape index (κ2) is 9.83. The lowest BCUT2D eigenvalue weighted by Gasteiger charge is -2.33. The number of nitrogens with one attached hydrogen (secondary N) is 1. The molecular weight excluding hydrogens is 448 g/mol. The number of hydrogen-bond acceptors (Lipinski definition) is 3. The summed E-state index contributed by atoms with van der Waals surface area (Å²) in [6.07, 6.45) is 6.12. The van der Waals surface area contributed by atoms with Crippen molar-refractivity contribution in [3.05, 3.63) is 64.4 Å². The lowest BCUT2D eigenvalue weighted by atomic mass is 9.86. The maximum Gasteiger partial charge on any atom is 0.294 e. The minimum absolute atomic E-state index is 0.0516. The average Bonchev–Trinajstić information content (AvgIpc) is 2.78. The van der Waals surface area contributed by atoms with Gasteiger partial charge in [-0.1, -0.05) is 70.3 Å². The molecule has 5 nitrogen and oxygen atoms in total.